The van der Waals surface area contributed by atoms with E-state index in [1.165, 1.54) is 6.42 Å². The number of likely N-dealkylation sites (tertiary alicyclic amines) is 1. The molecule has 18 heavy (non-hydrogen) atoms. The highest BCUT2D eigenvalue weighted by Gasteiger charge is 2.26. The number of hydrogen-bond acceptors (Lipinski definition) is 1. The highest BCUT2D eigenvalue weighted by atomic mass is 79.9. The molecule has 98 valence electrons. The number of piperidine rings is 1. The van der Waals surface area contributed by atoms with Crippen molar-refractivity contribution in [2.24, 2.45) is 0 Å². The molecule has 2 nitrogen and oxygen atoms in total. The van der Waals surface area contributed by atoms with Gasteiger partial charge in [0, 0.05) is 28.5 Å². The van der Waals surface area contributed by atoms with Gasteiger partial charge in [0.2, 0.25) is 0 Å². The van der Waals surface area contributed by atoms with Crippen molar-refractivity contribution in [2.45, 2.75) is 32.2 Å². The Bertz CT molecular complexity index is 449. The van der Waals surface area contributed by atoms with Crippen LogP contribution in [0, 0.1) is 6.92 Å². The molecule has 1 aromatic rings. The summed E-state index contributed by atoms with van der Waals surface area (Å²) < 4.78 is 0.979. The zero-order chi connectivity index (χ0) is 13.1. The van der Waals surface area contributed by atoms with E-state index in [1.54, 1.807) is 0 Å². The van der Waals surface area contributed by atoms with Crippen molar-refractivity contribution < 1.29 is 4.79 Å². The number of hydrogen-bond donors (Lipinski definition) is 0. The molecule has 1 heterocycles. The molecular weight excluding hydrogens is 314 g/mol. The average molecular weight is 331 g/mol. The molecule has 1 amide bonds. The zero-order valence-corrected chi connectivity index (χ0v) is 12.8. The van der Waals surface area contributed by atoms with Gasteiger partial charge in [0.15, 0.2) is 0 Å². The summed E-state index contributed by atoms with van der Waals surface area (Å²) in [5, 5.41) is 0. The number of halogens is 2. The number of rotatable bonds is 2. The van der Waals surface area contributed by atoms with Gasteiger partial charge >= 0.3 is 0 Å². The molecule has 0 bridgehead atoms. The number of aryl methyl sites for hydroxylation is 1. The van der Waals surface area contributed by atoms with Crippen LogP contribution < -0.4 is 0 Å². The van der Waals surface area contributed by atoms with E-state index in [-0.39, 0.29) is 11.9 Å². The van der Waals surface area contributed by atoms with Gasteiger partial charge in [0.05, 0.1) is 0 Å². The fourth-order valence-corrected chi connectivity index (χ4v) is 3.02. The van der Waals surface area contributed by atoms with Crippen molar-refractivity contribution in [1.82, 2.24) is 4.90 Å². The zero-order valence-electron chi connectivity index (χ0n) is 10.5. The van der Waals surface area contributed by atoms with Crippen LogP contribution in [0.5, 0.6) is 0 Å². The van der Waals surface area contributed by atoms with E-state index in [1.807, 2.05) is 30.0 Å². The van der Waals surface area contributed by atoms with Crippen molar-refractivity contribution in [3.63, 3.8) is 0 Å². The number of carbonyl (C=O) groups excluding carboxylic acids is 1. The Morgan fingerprint density at radius 2 is 2.28 bits per heavy atom. The molecule has 1 fully saturated rings. The van der Waals surface area contributed by atoms with E-state index >= 15 is 0 Å². The molecule has 1 saturated heterocycles. The molecule has 2 rings (SSSR count). The molecule has 0 spiro atoms. The third-order valence-electron chi connectivity index (χ3n) is 3.48. The van der Waals surface area contributed by atoms with Crippen LogP contribution in [0.4, 0.5) is 0 Å². The molecule has 1 aromatic carbocycles. The van der Waals surface area contributed by atoms with Gasteiger partial charge < -0.3 is 4.90 Å². The maximum Gasteiger partial charge on any atom is 0.254 e. The van der Waals surface area contributed by atoms with Crippen LogP contribution in [0.15, 0.2) is 22.7 Å². The average Bonchev–Trinajstić information content (AvgIpc) is 2.41. The molecule has 4 heteroatoms. The van der Waals surface area contributed by atoms with Gasteiger partial charge in [-0.15, -0.1) is 11.6 Å². The quantitative estimate of drug-likeness (QED) is 0.751. The molecule has 1 unspecified atom stereocenters. The summed E-state index contributed by atoms with van der Waals surface area (Å²) in [4.78, 5) is 14.4. The summed E-state index contributed by atoms with van der Waals surface area (Å²) in [6.07, 6.45) is 3.26. The van der Waals surface area contributed by atoms with Crippen molar-refractivity contribution in [2.75, 3.05) is 12.4 Å². The maximum atomic E-state index is 12.5. The van der Waals surface area contributed by atoms with Gasteiger partial charge in [-0.3, -0.25) is 4.79 Å². The lowest BCUT2D eigenvalue weighted by Gasteiger charge is -2.34. The first-order valence-electron chi connectivity index (χ1n) is 6.26. The normalized spacial score (nSPS) is 19.9. The maximum absolute atomic E-state index is 12.5. The Balaban J connectivity index is 2.21. The van der Waals surface area contributed by atoms with Crippen LogP contribution in [-0.4, -0.2) is 29.3 Å². The SMILES string of the molecule is Cc1ccc(C(=O)N2CCCCC2CCl)cc1Br. The molecule has 0 aliphatic carbocycles. The van der Waals surface area contributed by atoms with Crippen LogP contribution in [0.1, 0.15) is 35.2 Å². The van der Waals surface area contributed by atoms with E-state index < -0.39 is 0 Å². The standard InChI is InChI=1S/C14H17BrClNO/c1-10-5-6-11(8-13(10)15)14(18)17-7-3-2-4-12(17)9-16/h5-6,8,12H,2-4,7,9H2,1H3. The fraction of sp³-hybridized carbons (Fsp3) is 0.500. The predicted molar refractivity (Wildman–Crippen MR) is 78.3 cm³/mol. The number of benzene rings is 1. The second-order valence-corrected chi connectivity index (χ2v) is 5.93. The smallest absolute Gasteiger partial charge is 0.254 e. The summed E-state index contributed by atoms with van der Waals surface area (Å²) in [5.41, 5.74) is 1.88. The van der Waals surface area contributed by atoms with Gasteiger partial charge in [-0.2, -0.15) is 0 Å². The summed E-state index contributed by atoms with van der Waals surface area (Å²) in [5.74, 6) is 0.625. The molecule has 0 radical (unpaired) electrons. The van der Waals surface area contributed by atoms with Gasteiger partial charge in [-0.05, 0) is 43.9 Å². The second kappa shape index (κ2) is 6.07. The molecule has 0 saturated carbocycles. The van der Waals surface area contributed by atoms with E-state index in [9.17, 15) is 4.79 Å². The third kappa shape index (κ3) is 2.89. The van der Waals surface area contributed by atoms with E-state index in [0.29, 0.717) is 5.88 Å². The third-order valence-corrected chi connectivity index (χ3v) is 4.70. The number of alkyl halides is 1. The lowest BCUT2D eigenvalue weighted by atomic mass is 10.0. The molecule has 1 aliphatic rings. The lowest BCUT2D eigenvalue weighted by molar-refractivity contribution is 0.0639. The van der Waals surface area contributed by atoms with Crippen LogP contribution in [0.25, 0.3) is 0 Å². The van der Waals surface area contributed by atoms with Crippen LogP contribution >= 0.6 is 27.5 Å². The Morgan fingerprint density at radius 3 is 2.94 bits per heavy atom. The fourth-order valence-electron chi connectivity index (χ4n) is 2.32. The van der Waals surface area contributed by atoms with Crippen LogP contribution in [-0.2, 0) is 0 Å². The first-order valence-corrected chi connectivity index (χ1v) is 7.59. The van der Waals surface area contributed by atoms with Gasteiger partial charge in [0.1, 0.15) is 0 Å². The number of amides is 1. The lowest BCUT2D eigenvalue weighted by Crippen LogP contribution is -2.44. The van der Waals surface area contributed by atoms with E-state index in [2.05, 4.69) is 15.9 Å². The molecule has 0 aromatic heterocycles. The number of nitrogens with zero attached hydrogens (tertiary/aromatic N) is 1. The highest BCUT2D eigenvalue weighted by Crippen LogP contribution is 2.23. The highest BCUT2D eigenvalue weighted by molar-refractivity contribution is 9.10. The Hall–Kier alpha value is -0.540. The topological polar surface area (TPSA) is 20.3 Å². The molecular formula is C14H17BrClNO. The van der Waals surface area contributed by atoms with Crippen molar-refractivity contribution in [1.29, 1.82) is 0 Å². The monoisotopic (exact) mass is 329 g/mol. The number of carbonyl (C=O) groups is 1. The Morgan fingerprint density at radius 1 is 1.50 bits per heavy atom. The van der Waals surface area contributed by atoms with Gasteiger partial charge in [-0.1, -0.05) is 22.0 Å². The summed E-state index contributed by atoms with van der Waals surface area (Å²) >= 11 is 9.43. The Kier molecular flexibility index (Phi) is 4.68. The minimum Gasteiger partial charge on any atom is -0.334 e. The Labute approximate surface area is 121 Å². The van der Waals surface area contributed by atoms with E-state index in [4.69, 9.17) is 11.6 Å². The first-order chi connectivity index (χ1) is 8.63. The molecule has 0 N–H and O–H groups in total. The first kappa shape index (κ1) is 13.9. The van der Waals surface area contributed by atoms with Crippen LogP contribution in [0.2, 0.25) is 0 Å². The molecule has 1 atom stereocenters. The minimum atomic E-state index is 0.0982. The van der Waals surface area contributed by atoms with Crippen molar-refractivity contribution >= 4 is 33.4 Å². The van der Waals surface area contributed by atoms with E-state index in [0.717, 1.165) is 35.0 Å². The summed E-state index contributed by atoms with van der Waals surface area (Å²) in [7, 11) is 0. The second-order valence-electron chi connectivity index (χ2n) is 4.77. The van der Waals surface area contributed by atoms with Gasteiger partial charge in [-0.25, -0.2) is 0 Å². The summed E-state index contributed by atoms with van der Waals surface area (Å²) in [6, 6.07) is 5.95. The van der Waals surface area contributed by atoms with Crippen molar-refractivity contribution in [3.8, 4) is 0 Å². The van der Waals surface area contributed by atoms with Crippen LogP contribution in [0.3, 0.4) is 0 Å². The predicted octanol–water partition coefficient (Wildman–Crippen LogP) is 3.99. The summed E-state index contributed by atoms with van der Waals surface area (Å²) in [6.45, 7) is 2.84. The van der Waals surface area contributed by atoms with Crippen molar-refractivity contribution in [3.05, 3.63) is 33.8 Å². The van der Waals surface area contributed by atoms with Gasteiger partial charge in [0.25, 0.3) is 5.91 Å². The largest absolute Gasteiger partial charge is 0.334 e. The molecule has 1 aliphatic heterocycles. The minimum absolute atomic E-state index is 0.0982.